The zero-order chi connectivity index (χ0) is 20.3. The molecule has 1 aromatic carbocycles. The number of likely N-dealkylation sites (tertiary alicyclic amines) is 1. The van der Waals surface area contributed by atoms with Crippen molar-refractivity contribution in [2.45, 2.75) is 19.8 Å². The van der Waals surface area contributed by atoms with Gasteiger partial charge in [0.05, 0.1) is 33.4 Å². The van der Waals surface area contributed by atoms with E-state index in [2.05, 4.69) is 0 Å². The van der Waals surface area contributed by atoms with Crippen LogP contribution in [0.2, 0.25) is 0 Å². The Morgan fingerprint density at radius 1 is 1.07 bits per heavy atom. The number of methoxy groups -OCH3 is 2. The summed E-state index contributed by atoms with van der Waals surface area (Å²) in [6, 6.07) is 5.66. The number of benzene rings is 1. The average molecular weight is 390 g/mol. The molecule has 2 aliphatic heterocycles. The van der Waals surface area contributed by atoms with Gasteiger partial charge in [-0.05, 0) is 6.07 Å². The molecule has 0 saturated carbocycles. The number of hydrogen-bond acceptors (Lipinski definition) is 5. The van der Waals surface area contributed by atoms with Crippen molar-refractivity contribution < 1.29 is 23.8 Å². The third kappa shape index (κ3) is 4.09. The van der Waals surface area contributed by atoms with Crippen molar-refractivity contribution in [3.8, 4) is 11.5 Å². The first-order valence-corrected chi connectivity index (χ1v) is 9.83. The SMILES string of the molecule is COc1ccc([C@@H]2CN(C(=O)C(C)C)C[C@@H]2C(=O)N2CCOCC2)c(OC)c1. The summed E-state index contributed by atoms with van der Waals surface area (Å²) in [5, 5.41) is 0. The molecule has 2 aliphatic rings. The molecule has 154 valence electrons. The maximum atomic E-state index is 13.3. The molecule has 0 aliphatic carbocycles. The number of rotatable bonds is 5. The highest BCUT2D eigenvalue weighted by molar-refractivity contribution is 5.84. The largest absolute Gasteiger partial charge is 0.497 e. The molecular weight excluding hydrogens is 360 g/mol. The molecule has 2 saturated heterocycles. The first-order chi connectivity index (χ1) is 13.5. The predicted octanol–water partition coefficient (Wildman–Crippen LogP) is 1.76. The Balaban J connectivity index is 1.92. The van der Waals surface area contributed by atoms with Crippen LogP contribution < -0.4 is 9.47 Å². The zero-order valence-electron chi connectivity index (χ0n) is 17.1. The number of hydrogen-bond donors (Lipinski definition) is 0. The second kappa shape index (κ2) is 8.82. The van der Waals surface area contributed by atoms with E-state index in [1.165, 1.54) is 0 Å². The Morgan fingerprint density at radius 3 is 2.39 bits per heavy atom. The quantitative estimate of drug-likeness (QED) is 0.766. The van der Waals surface area contributed by atoms with E-state index in [4.69, 9.17) is 14.2 Å². The highest BCUT2D eigenvalue weighted by Crippen LogP contribution is 2.40. The molecule has 2 heterocycles. The van der Waals surface area contributed by atoms with Crippen molar-refractivity contribution in [2.75, 3.05) is 53.6 Å². The molecule has 0 spiro atoms. The number of morpholine rings is 1. The van der Waals surface area contributed by atoms with Gasteiger partial charge in [0.2, 0.25) is 11.8 Å². The third-order valence-electron chi connectivity index (χ3n) is 5.61. The predicted molar refractivity (Wildman–Crippen MR) is 105 cm³/mol. The Hall–Kier alpha value is -2.28. The Labute approximate surface area is 166 Å². The van der Waals surface area contributed by atoms with Crippen LogP contribution in [-0.4, -0.2) is 75.2 Å². The summed E-state index contributed by atoms with van der Waals surface area (Å²) in [6.07, 6.45) is 0. The van der Waals surface area contributed by atoms with E-state index in [-0.39, 0.29) is 29.6 Å². The average Bonchev–Trinajstić information content (AvgIpc) is 3.17. The first kappa shape index (κ1) is 20.5. The standard InChI is InChI=1S/C21H30N2O5/c1-14(2)20(24)23-12-17(16-6-5-15(26-3)11-19(16)27-4)18(13-23)21(25)22-7-9-28-10-8-22/h5-6,11,14,17-18H,7-10,12-13H2,1-4H3/t17-,18-/m0/s1. The van der Waals surface area contributed by atoms with Gasteiger partial charge < -0.3 is 24.0 Å². The molecule has 2 fully saturated rings. The van der Waals surface area contributed by atoms with Crippen LogP contribution in [0.4, 0.5) is 0 Å². The van der Waals surface area contributed by atoms with Crippen LogP contribution in [0.5, 0.6) is 11.5 Å². The molecule has 0 unspecified atom stereocenters. The van der Waals surface area contributed by atoms with Crippen molar-refractivity contribution in [1.82, 2.24) is 9.80 Å². The Kier molecular flexibility index (Phi) is 6.44. The molecule has 0 radical (unpaired) electrons. The van der Waals surface area contributed by atoms with E-state index >= 15 is 0 Å². The van der Waals surface area contributed by atoms with E-state index in [9.17, 15) is 9.59 Å². The highest BCUT2D eigenvalue weighted by atomic mass is 16.5. The molecule has 7 heteroatoms. The van der Waals surface area contributed by atoms with Gasteiger partial charge in [0, 0.05) is 49.6 Å². The summed E-state index contributed by atoms with van der Waals surface area (Å²) >= 11 is 0. The van der Waals surface area contributed by atoms with Gasteiger partial charge in [0.25, 0.3) is 0 Å². The summed E-state index contributed by atoms with van der Waals surface area (Å²) in [5.74, 6) is 1.05. The molecule has 0 aromatic heterocycles. The maximum absolute atomic E-state index is 13.3. The van der Waals surface area contributed by atoms with Crippen molar-refractivity contribution in [3.63, 3.8) is 0 Å². The minimum atomic E-state index is -0.289. The summed E-state index contributed by atoms with van der Waals surface area (Å²) in [5.41, 5.74) is 0.939. The number of nitrogens with zero attached hydrogens (tertiary/aromatic N) is 2. The lowest BCUT2D eigenvalue weighted by Gasteiger charge is -2.31. The fraction of sp³-hybridized carbons (Fsp3) is 0.619. The molecular formula is C21H30N2O5. The van der Waals surface area contributed by atoms with Gasteiger partial charge in [0.15, 0.2) is 0 Å². The van der Waals surface area contributed by atoms with Crippen LogP contribution in [0.3, 0.4) is 0 Å². The molecule has 2 amide bonds. The van der Waals surface area contributed by atoms with E-state index in [0.717, 1.165) is 5.56 Å². The molecule has 28 heavy (non-hydrogen) atoms. The van der Waals surface area contributed by atoms with E-state index in [0.29, 0.717) is 50.9 Å². The lowest BCUT2D eigenvalue weighted by molar-refractivity contribution is -0.140. The topological polar surface area (TPSA) is 68.3 Å². The van der Waals surface area contributed by atoms with Gasteiger partial charge in [-0.15, -0.1) is 0 Å². The molecule has 7 nitrogen and oxygen atoms in total. The summed E-state index contributed by atoms with van der Waals surface area (Å²) < 4.78 is 16.3. The van der Waals surface area contributed by atoms with Crippen LogP contribution in [0.15, 0.2) is 18.2 Å². The van der Waals surface area contributed by atoms with Crippen molar-refractivity contribution in [3.05, 3.63) is 23.8 Å². The van der Waals surface area contributed by atoms with E-state index < -0.39 is 0 Å². The lowest BCUT2D eigenvalue weighted by atomic mass is 9.87. The van der Waals surface area contributed by atoms with E-state index in [1.807, 2.05) is 41.8 Å². The zero-order valence-corrected chi connectivity index (χ0v) is 17.1. The fourth-order valence-electron chi connectivity index (χ4n) is 4.06. The Morgan fingerprint density at radius 2 is 1.79 bits per heavy atom. The number of carbonyl (C=O) groups is 2. The van der Waals surface area contributed by atoms with Gasteiger partial charge >= 0.3 is 0 Å². The van der Waals surface area contributed by atoms with Crippen molar-refractivity contribution in [2.24, 2.45) is 11.8 Å². The number of amides is 2. The highest BCUT2D eigenvalue weighted by Gasteiger charge is 2.43. The molecule has 1 aromatic rings. The van der Waals surface area contributed by atoms with Gasteiger partial charge in [-0.25, -0.2) is 0 Å². The Bertz CT molecular complexity index is 715. The fourth-order valence-corrected chi connectivity index (χ4v) is 4.06. The van der Waals surface area contributed by atoms with Crippen molar-refractivity contribution in [1.29, 1.82) is 0 Å². The maximum Gasteiger partial charge on any atom is 0.228 e. The summed E-state index contributed by atoms with van der Waals surface area (Å²) in [7, 11) is 3.22. The smallest absolute Gasteiger partial charge is 0.228 e. The van der Waals surface area contributed by atoms with Crippen LogP contribution in [0.1, 0.15) is 25.3 Å². The molecule has 3 rings (SSSR count). The molecule has 0 bridgehead atoms. The molecule has 0 N–H and O–H groups in total. The van der Waals surface area contributed by atoms with Gasteiger partial charge in [-0.2, -0.15) is 0 Å². The minimum Gasteiger partial charge on any atom is -0.497 e. The monoisotopic (exact) mass is 390 g/mol. The van der Waals surface area contributed by atoms with Crippen molar-refractivity contribution >= 4 is 11.8 Å². The van der Waals surface area contributed by atoms with Gasteiger partial charge in [-0.1, -0.05) is 19.9 Å². The second-order valence-electron chi connectivity index (χ2n) is 7.66. The number of carbonyl (C=O) groups excluding carboxylic acids is 2. The van der Waals surface area contributed by atoms with Crippen LogP contribution in [0, 0.1) is 11.8 Å². The third-order valence-corrected chi connectivity index (χ3v) is 5.61. The summed E-state index contributed by atoms with van der Waals surface area (Å²) in [4.78, 5) is 29.6. The number of ether oxygens (including phenoxy) is 3. The van der Waals surface area contributed by atoms with E-state index in [1.54, 1.807) is 14.2 Å². The summed E-state index contributed by atoms with van der Waals surface area (Å²) in [6.45, 7) is 7.05. The van der Waals surface area contributed by atoms with Gasteiger partial charge in [0.1, 0.15) is 11.5 Å². The second-order valence-corrected chi connectivity index (χ2v) is 7.66. The lowest BCUT2D eigenvalue weighted by Crippen LogP contribution is -2.45. The first-order valence-electron chi connectivity index (χ1n) is 9.83. The van der Waals surface area contributed by atoms with Crippen LogP contribution >= 0.6 is 0 Å². The van der Waals surface area contributed by atoms with Crippen LogP contribution in [-0.2, 0) is 14.3 Å². The molecule has 2 atom stereocenters. The minimum absolute atomic E-state index is 0.0785. The van der Waals surface area contributed by atoms with Gasteiger partial charge in [-0.3, -0.25) is 9.59 Å². The normalized spacial score (nSPS) is 22.5. The van der Waals surface area contributed by atoms with Crippen LogP contribution in [0.25, 0.3) is 0 Å².